The summed E-state index contributed by atoms with van der Waals surface area (Å²) in [6.45, 7) is 2.73. The molecule has 26 heavy (non-hydrogen) atoms. The van der Waals surface area contributed by atoms with Gasteiger partial charge in [-0.25, -0.2) is 4.98 Å². The summed E-state index contributed by atoms with van der Waals surface area (Å²) >= 11 is 1.59. The van der Waals surface area contributed by atoms with E-state index in [1.54, 1.807) is 54.2 Å². The molecule has 0 aliphatic carbocycles. The average molecular weight is 371 g/mol. The molecule has 0 saturated carbocycles. The molecule has 136 valence electrons. The van der Waals surface area contributed by atoms with Gasteiger partial charge >= 0.3 is 0 Å². The normalized spacial score (nSPS) is 13.8. The van der Waals surface area contributed by atoms with Gasteiger partial charge in [0, 0.05) is 36.5 Å². The van der Waals surface area contributed by atoms with Gasteiger partial charge in [0.2, 0.25) is 5.91 Å². The number of thioether (sulfide) groups is 1. The van der Waals surface area contributed by atoms with Crippen LogP contribution in [0.4, 0.5) is 11.4 Å². The summed E-state index contributed by atoms with van der Waals surface area (Å²) < 4.78 is 5.43. The van der Waals surface area contributed by atoms with Gasteiger partial charge in [0.15, 0.2) is 0 Å². The van der Waals surface area contributed by atoms with E-state index in [-0.39, 0.29) is 11.8 Å². The number of pyridine rings is 1. The summed E-state index contributed by atoms with van der Waals surface area (Å²) in [6.07, 6.45) is 3.04. The van der Waals surface area contributed by atoms with E-state index in [9.17, 15) is 9.59 Å². The van der Waals surface area contributed by atoms with Crippen molar-refractivity contribution >= 4 is 35.0 Å². The number of anilines is 2. The lowest BCUT2D eigenvalue weighted by Crippen LogP contribution is -2.24. The minimum Gasteiger partial charge on any atom is -0.494 e. The van der Waals surface area contributed by atoms with Gasteiger partial charge in [-0.1, -0.05) is 6.92 Å². The van der Waals surface area contributed by atoms with Crippen molar-refractivity contribution in [3.05, 3.63) is 42.1 Å². The van der Waals surface area contributed by atoms with E-state index in [1.165, 1.54) is 0 Å². The number of methoxy groups -OCH3 is 1. The van der Waals surface area contributed by atoms with Crippen molar-refractivity contribution in [2.75, 3.05) is 29.6 Å². The van der Waals surface area contributed by atoms with Crippen LogP contribution in [0.5, 0.6) is 5.75 Å². The summed E-state index contributed by atoms with van der Waals surface area (Å²) in [5, 5.41) is 3.69. The van der Waals surface area contributed by atoms with Gasteiger partial charge in [0.25, 0.3) is 5.91 Å². The highest BCUT2D eigenvalue weighted by atomic mass is 32.2. The Balaban J connectivity index is 1.78. The first kappa shape index (κ1) is 18.3. The highest BCUT2D eigenvalue weighted by Crippen LogP contribution is 2.34. The van der Waals surface area contributed by atoms with Crippen molar-refractivity contribution in [1.82, 2.24) is 4.98 Å². The number of amides is 2. The number of aromatic nitrogens is 1. The fraction of sp³-hybridized carbons (Fsp3) is 0.316. The van der Waals surface area contributed by atoms with Gasteiger partial charge in [-0.3, -0.25) is 9.59 Å². The fourth-order valence-corrected chi connectivity index (χ4v) is 3.50. The maximum absolute atomic E-state index is 12.5. The zero-order valence-corrected chi connectivity index (χ0v) is 15.6. The maximum Gasteiger partial charge on any atom is 0.255 e. The van der Waals surface area contributed by atoms with Crippen LogP contribution < -0.4 is 15.0 Å². The molecule has 1 aromatic heterocycles. The lowest BCUT2D eigenvalue weighted by atomic mass is 10.2. The summed E-state index contributed by atoms with van der Waals surface area (Å²) in [7, 11) is 1.56. The fourth-order valence-electron chi connectivity index (χ4n) is 2.86. The number of nitrogens with zero attached hydrogens (tertiary/aromatic N) is 2. The summed E-state index contributed by atoms with van der Waals surface area (Å²) in [5.41, 5.74) is 1.90. The van der Waals surface area contributed by atoms with E-state index in [0.717, 1.165) is 22.9 Å². The largest absolute Gasteiger partial charge is 0.494 e. The van der Waals surface area contributed by atoms with Crippen LogP contribution in [0, 0.1) is 0 Å². The summed E-state index contributed by atoms with van der Waals surface area (Å²) in [6, 6.07) is 8.79. The first-order chi connectivity index (χ1) is 12.6. The third-order valence-corrected chi connectivity index (χ3v) is 4.90. The molecule has 1 aromatic carbocycles. The van der Waals surface area contributed by atoms with Crippen molar-refractivity contribution < 1.29 is 14.3 Å². The Bertz CT molecular complexity index is 825. The monoisotopic (exact) mass is 371 g/mol. The molecule has 1 fully saturated rings. The predicted octanol–water partition coefficient (Wildman–Crippen LogP) is 3.58. The summed E-state index contributed by atoms with van der Waals surface area (Å²) in [4.78, 5) is 30.4. The SMILES string of the molecule is CCSc1cc(C(=O)Nc2ccc(N3CCCC3=O)c(OC)c2)ccn1. The van der Waals surface area contributed by atoms with Gasteiger partial charge in [0.1, 0.15) is 5.75 Å². The second-order valence-electron chi connectivity index (χ2n) is 5.81. The van der Waals surface area contributed by atoms with Gasteiger partial charge in [-0.2, -0.15) is 0 Å². The highest BCUT2D eigenvalue weighted by molar-refractivity contribution is 7.99. The Kier molecular flexibility index (Phi) is 5.78. The van der Waals surface area contributed by atoms with Crippen molar-refractivity contribution in [3.63, 3.8) is 0 Å². The second-order valence-corrected chi connectivity index (χ2v) is 7.09. The maximum atomic E-state index is 12.5. The zero-order valence-electron chi connectivity index (χ0n) is 14.8. The first-order valence-corrected chi connectivity index (χ1v) is 9.49. The smallest absolute Gasteiger partial charge is 0.255 e. The van der Waals surface area contributed by atoms with Crippen LogP contribution in [0.15, 0.2) is 41.6 Å². The van der Waals surface area contributed by atoms with Crippen LogP contribution in [-0.4, -0.2) is 36.2 Å². The standard InChI is InChI=1S/C19H21N3O3S/c1-3-26-17-11-13(8-9-20-17)19(24)21-14-6-7-15(16(12-14)25-2)22-10-4-5-18(22)23/h6-9,11-12H,3-5,10H2,1-2H3,(H,21,24). The Labute approximate surface area is 156 Å². The van der Waals surface area contributed by atoms with E-state index in [1.807, 2.05) is 13.0 Å². The van der Waals surface area contributed by atoms with Crippen molar-refractivity contribution in [2.24, 2.45) is 0 Å². The second kappa shape index (κ2) is 8.23. The van der Waals surface area contributed by atoms with Gasteiger partial charge in [-0.15, -0.1) is 11.8 Å². The molecule has 0 unspecified atom stereocenters. The molecule has 2 heterocycles. The topological polar surface area (TPSA) is 71.5 Å². The lowest BCUT2D eigenvalue weighted by molar-refractivity contribution is -0.117. The number of nitrogens with one attached hydrogen (secondary N) is 1. The van der Waals surface area contributed by atoms with Crippen LogP contribution in [0.3, 0.4) is 0 Å². The minimum atomic E-state index is -0.211. The predicted molar refractivity (Wildman–Crippen MR) is 103 cm³/mol. The average Bonchev–Trinajstić information content (AvgIpc) is 3.08. The molecule has 0 spiro atoms. The van der Waals surface area contributed by atoms with E-state index in [2.05, 4.69) is 10.3 Å². The zero-order chi connectivity index (χ0) is 18.5. The molecular formula is C19H21N3O3S. The number of ether oxygens (including phenoxy) is 1. The van der Waals surface area contributed by atoms with Crippen LogP contribution in [0.1, 0.15) is 30.1 Å². The van der Waals surface area contributed by atoms with E-state index in [0.29, 0.717) is 30.0 Å². The molecule has 1 aliphatic heterocycles. The first-order valence-electron chi connectivity index (χ1n) is 8.51. The van der Waals surface area contributed by atoms with Crippen molar-refractivity contribution in [3.8, 4) is 5.75 Å². The highest BCUT2D eigenvalue weighted by Gasteiger charge is 2.24. The molecule has 7 heteroatoms. The molecular weight excluding hydrogens is 350 g/mol. The number of hydrogen-bond acceptors (Lipinski definition) is 5. The van der Waals surface area contributed by atoms with Crippen LogP contribution in [-0.2, 0) is 4.79 Å². The molecule has 2 amide bonds. The molecule has 3 rings (SSSR count). The third kappa shape index (κ3) is 3.99. The van der Waals surface area contributed by atoms with E-state index >= 15 is 0 Å². The molecule has 0 bridgehead atoms. The number of rotatable bonds is 6. The Morgan fingerprint density at radius 1 is 1.35 bits per heavy atom. The lowest BCUT2D eigenvalue weighted by Gasteiger charge is -2.19. The van der Waals surface area contributed by atoms with Gasteiger partial charge in [0.05, 0.1) is 17.8 Å². The summed E-state index contributed by atoms with van der Waals surface area (Å²) in [5.74, 6) is 1.34. The molecule has 1 saturated heterocycles. The number of hydrogen-bond donors (Lipinski definition) is 1. The Morgan fingerprint density at radius 2 is 2.19 bits per heavy atom. The molecule has 6 nitrogen and oxygen atoms in total. The van der Waals surface area contributed by atoms with Crippen LogP contribution in [0.25, 0.3) is 0 Å². The van der Waals surface area contributed by atoms with Crippen LogP contribution in [0.2, 0.25) is 0 Å². The molecule has 2 aromatic rings. The van der Waals surface area contributed by atoms with Crippen molar-refractivity contribution in [1.29, 1.82) is 0 Å². The number of benzene rings is 1. The molecule has 0 atom stereocenters. The number of carbonyl (C=O) groups is 2. The molecule has 0 radical (unpaired) electrons. The van der Waals surface area contributed by atoms with E-state index in [4.69, 9.17) is 4.74 Å². The quantitative estimate of drug-likeness (QED) is 0.786. The minimum absolute atomic E-state index is 0.0952. The Hall–Kier alpha value is -2.54. The molecule has 1 aliphatic rings. The van der Waals surface area contributed by atoms with Gasteiger partial charge in [-0.05, 0) is 36.4 Å². The van der Waals surface area contributed by atoms with Crippen molar-refractivity contribution in [2.45, 2.75) is 24.8 Å². The third-order valence-electron chi connectivity index (χ3n) is 4.09. The molecule has 1 N–H and O–H groups in total. The van der Waals surface area contributed by atoms with Gasteiger partial charge < -0.3 is 15.0 Å². The van der Waals surface area contributed by atoms with E-state index < -0.39 is 0 Å². The number of carbonyl (C=O) groups excluding carboxylic acids is 2. The van der Waals surface area contributed by atoms with Crippen LogP contribution >= 0.6 is 11.8 Å². The Morgan fingerprint density at radius 3 is 2.88 bits per heavy atom.